The topological polar surface area (TPSA) is 49.4 Å². The predicted octanol–water partition coefficient (Wildman–Crippen LogP) is 4.08. The van der Waals surface area contributed by atoms with E-state index >= 15 is 0 Å². The minimum absolute atomic E-state index is 0.142. The number of urea groups is 1. The molecule has 2 atom stereocenters. The maximum Gasteiger partial charge on any atom is 0.322 e. The first-order valence-corrected chi connectivity index (χ1v) is 7.95. The van der Waals surface area contributed by atoms with Gasteiger partial charge in [0.2, 0.25) is 0 Å². The summed E-state index contributed by atoms with van der Waals surface area (Å²) in [6.45, 7) is 3.72. The molecule has 0 saturated carbocycles. The minimum Gasteiger partial charge on any atom is -0.331 e. The molecule has 5 heteroatoms. The number of anilines is 1. The summed E-state index contributed by atoms with van der Waals surface area (Å²) >= 11 is 0. The lowest BCUT2D eigenvalue weighted by atomic mass is 9.95. The van der Waals surface area contributed by atoms with E-state index in [9.17, 15) is 14.0 Å². The molecular formula is C19H19FN2O2. The molecule has 1 N–H and O–H groups in total. The molecule has 2 unspecified atom stereocenters. The van der Waals surface area contributed by atoms with Crippen LogP contribution < -0.4 is 10.2 Å². The number of carbonyl (C=O) groups is 2. The third-order valence-electron chi connectivity index (χ3n) is 4.30. The van der Waals surface area contributed by atoms with E-state index in [1.807, 2.05) is 44.2 Å². The zero-order valence-corrected chi connectivity index (χ0v) is 13.6. The van der Waals surface area contributed by atoms with Gasteiger partial charge in [0.15, 0.2) is 5.78 Å². The van der Waals surface area contributed by atoms with Crippen molar-refractivity contribution >= 4 is 17.5 Å². The lowest BCUT2D eigenvalue weighted by Gasteiger charge is -2.35. The van der Waals surface area contributed by atoms with Crippen molar-refractivity contribution < 1.29 is 14.0 Å². The number of ketones is 1. The molecule has 0 fully saturated rings. The Kier molecular flexibility index (Phi) is 4.34. The molecule has 124 valence electrons. The second-order valence-corrected chi connectivity index (χ2v) is 6.09. The van der Waals surface area contributed by atoms with Gasteiger partial charge in [-0.1, -0.05) is 30.3 Å². The molecule has 2 amide bonds. The van der Waals surface area contributed by atoms with Gasteiger partial charge in [0.25, 0.3) is 0 Å². The summed E-state index contributed by atoms with van der Waals surface area (Å²) in [6, 6.07) is 12.8. The second kappa shape index (κ2) is 6.43. The zero-order valence-electron chi connectivity index (χ0n) is 13.6. The molecule has 0 radical (unpaired) electrons. The van der Waals surface area contributed by atoms with Gasteiger partial charge in [0.1, 0.15) is 5.82 Å². The normalized spacial score (nSPS) is 18.0. The van der Waals surface area contributed by atoms with E-state index in [2.05, 4.69) is 5.32 Å². The van der Waals surface area contributed by atoms with Crippen LogP contribution in [0.2, 0.25) is 0 Å². The average Bonchev–Trinajstić information content (AvgIpc) is 2.56. The van der Waals surface area contributed by atoms with Crippen LogP contribution in [0.15, 0.2) is 48.5 Å². The Balaban J connectivity index is 1.87. The Morgan fingerprint density at radius 2 is 1.96 bits per heavy atom. The van der Waals surface area contributed by atoms with E-state index in [4.69, 9.17) is 0 Å². The Labute approximate surface area is 140 Å². The van der Waals surface area contributed by atoms with Crippen molar-refractivity contribution in [1.29, 1.82) is 0 Å². The summed E-state index contributed by atoms with van der Waals surface area (Å²) in [6.07, 6.45) is 0.184. The van der Waals surface area contributed by atoms with Gasteiger partial charge in [-0.3, -0.25) is 9.69 Å². The Morgan fingerprint density at radius 1 is 1.25 bits per heavy atom. The largest absolute Gasteiger partial charge is 0.331 e. The van der Waals surface area contributed by atoms with Crippen molar-refractivity contribution in [3.05, 3.63) is 65.5 Å². The van der Waals surface area contributed by atoms with Crippen LogP contribution in [0.1, 0.15) is 42.2 Å². The van der Waals surface area contributed by atoms with Gasteiger partial charge in [0.05, 0.1) is 11.7 Å². The quantitative estimate of drug-likeness (QED) is 0.904. The van der Waals surface area contributed by atoms with E-state index in [0.717, 1.165) is 5.56 Å². The molecule has 3 rings (SSSR count). The highest BCUT2D eigenvalue weighted by atomic mass is 19.1. The number of hydrogen-bond acceptors (Lipinski definition) is 2. The van der Waals surface area contributed by atoms with Crippen molar-refractivity contribution in [3.8, 4) is 0 Å². The number of benzene rings is 2. The number of Topliss-reactive ketones (excluding diaryl/α,β-unsaturated/α-hetero) is 1. The van der Waals surface area contributed by atoms with Crippen LogP contribution in [0.4, 0.5) is 14.9 Å². The first-order valence-electron chi connectivity index (χ1n) is 7.95. The molecule has 0 aliphatic carbocycles. The smallest absolute Gasteiger partial charge is 0.322 e. The highest BCUT2D eigenvalue weighted by molar-refractivity contribution is 6.09. The number of fused-ring (bicyclic) bond motifs is 1. The zero-order chi connectivity index (χ0) is 17.3. The standard InChI is InChI=1S/C19H19FN2O2/c1-12-10-18(23)16-11-15(20)8-9-17(16)22(12)19(24)21-13(2)14-6-4-3-5-7-14/h3-9,11-13H,10H2,1-2H3,(H,21,24). The molecule has 2 aromatic carbocycles. The summed E-state index contributed by atoms with van der Waals surface area (Å²) in [5.74, 6) is -0.619. The van der Waals surface area contributed by atoms with Crippen molar-refractivity contribution in [2.24, 2.45) is 0 Å². The van der Waals surface area contributed by atoms with E-state index in [1.54, 1.807) is 0 Å². The maximum absolute atomic E-state index is 13.5. The van der Waals surface area contributed by atoms with E-state index in [1.165, 1.54) is 23.1 Å². The Hall–Kier alpha value is -2.69. The highest BCUT2D eigenvalue weighted by Gasteiger charge is 2.33. The van der Waals surface area contributed by atoms with Crippen LogP contribution in [-0.2, 0) is 0 Å². The molecule has 1 heterocycles. The lowest BCUT2D eigenvalue weighted by molar-refractivity contribution is 0.0969. The van der Waals surface area contributed by atoms with Crippen LogP contribution in [-0.4, -0.2) is 17.9 Å². The molecule has 2 aromatic rings. The van der Waals surface area contributed by atoms with Gasteiger partial charge in [-0.2, -0.15) is 0 Å². The maximum atomic E-state index is 13.5. The van der Waals surface area contributed by atoms with Crippen LogP contribution in [0.25, 0.3) is 0 Å². The van der Waals surface area contributed by atoms with E-state index in [-0.39, 0.29) is 35.9 Å². The summed E-state index contributed by atoms with van der Waals surface area (Å²) in [5.41, 5.74) is 1.71. The second-order valence-electron chi connectivity index (χ2n) is 6.09. The van der Waals surface area contributed by atoms with Crippen LogP contribution in [0, 0.1) is 5.82 Å². The van der Waals surface area contributed by atoms with Crippen LogP contribution >= 0.6 is 0 Å². The summed E-state index contributed by atoms with van der Waals surface area (Å²) in [4.78, 5) is 26.4. The lowest BCUT2D eigenvalue weighted by Crippen LogP contribution is -2.49. The average molecular weight is 326 g/mol. The number of carbonyl (C=O) groups excluding carboxylic acids is 2. The summed E-state index contributed by atoms with van der Waals surface area (Å²) in [7, 11) is 0. The van der Waals surface area contributed by atoms with Gasteiger partial charge in [-0.05, 0) is 37.6 Å². The van der Waals surface area contributed by atoms with E-state index in [0.29, 0.717) is 5.69 Å². The minimum atomic E-state index is -0.477. The third kappa shape index (κ3) is 3.02. The molecule has 0 bridgehead atoms. The van der Waals surface area contributed by atoms with Gasteiger partial charge >= 0.3 is 6.03 Å². The van der Waals surface area contributed by atoms with Crippen molar-refractivity contribution in [2.45, 2.75) is 32.4 Å². The van der Waals surface area contributed by atoms with Crippen molar-refractivity contribution in [2.75, 3.05) is 4.90 Å². The number of halogens is 1. The number of amides is 2. The first-order chi connectivity index (χ1) is 11.5. The number of nitrogens with zero attached hydrogens (tertiary/aromatic N) is 1. The number of nitrogens with one attached hydrogen (secondary N) is 1. The Morgan fingerprint density at radius 3 is 2.67 bits per heavy atom. The van der Waals surface area contributed by atoms with Gasteiger partial charge < -0.3 is 5.32 Å². The van der Waals surface area contributed by atoms with Crippen molar-refractivity contribution in [1.82, 2.24) is 5.32 Å². The fourth-order valence-corrected chi connectivity index (χ4v) is 3.04. The van der Waals surface area contributed by atoms with Crippen LogP contribution in [0.3, 0.4) is 0 Å². The monoisotopic (exact) mass is 326 g/mol. The molecule has 0 aromatic heterocycles. The van der Waals surface area contributed by atoms with Gasteiger partial charge in [-0.15, -0.1) is 0 Å². The molecule has 1 aliphatic heterocycles. The summed E-state index contributed by atoms with van der Waals surface area (Å²) in [5, 5.41) is 2.95. The molecule has 24 heavy (non-hydrogen) atoms. The molecule has 0 spiro atoms. The highest BCUT2D eigenvalue weighted by Crippen LogP contribution is 2.31. The molecule has 1 aliphatic rings. The van der Waals surface area contributed by atoms with Gasteiger partial charge in [0, 0.05) is 18.0 Å². The Bertz CT molecular complexity index is 776. The van der Waals surface area contributed by atoms with E-state index < -0.39 is 5.82 Å². The van der Waals surface area contributed by atoms with Crippen LogP contribution in [0.5, 0.6) is 0 Å². The van der Waals surface area contributed by atoms with Crippen molar-refractivity contribution in [3.63, 3.8) is 0 Å². The molecule has 0 saturated heterocycles. The molecule has 4 nitrogen and oxygen atoms in total. The predicted molar refractivity (Wildman–Crippen MR) is 90.7 cm³/mol. The fraction of sp³-hybridized carbons (Fsp3) is 0.263. The van der Waals surface area contributed by atoms with Gasteiger partial charge in [-0.25, -0.2) is 9.18 Å². The summed E-state index contributed by atoms with van der Waals surface area (Å²) < 4.78 is 13.5. The number of rotatable bonds is 2. The number of hydrogen-bond donors (Lipinski definition) is 1. The first kappa shape index (κ1) is 16.2. The fourth-order valence-electron chi connectivity index (χ4n) is 3.04. The molecular weight excluding hydrogens is 307 g/mol. The third-order valence-corrected chi connectivity index (χ3v) is 4.30. The SMILES string of the molecule is CC(NC(=O)N1c2ccc(F)cc2C(=O)CC1C)c1ccccc1.